The van der Waals surface area contributed by atoms with E-state index in [1.54, 1.807) is 0 Å². The fourth-order valence-corrected chi connectivity index (χ4v) is 4.41. The molecule has 2 amide bonds. The standard InChI is InChI=1S/C26H24N2O2S/c1-16-10-11-18(3)22(14-16)28-25(29)23(27-20-13-12-17(2)19(4)15-20)24(26(28)30)31-21-8-6-5-7-9-21/h5-15,27H,1-4H3. The van der Waals surface area contributed by atoms with Crippen molar-refractivity contribution < 1.29 is 9.59 Å². The first-order valence-electron chi connectivity index (χ1n) is 10.1. The summed E-state index contributed by atoms with van der Waals surface area (Å²) in [6.07, 6.45) is 0. The van der Waals surface area contributed by atoms with E-state index >= 15 is 0 Å². The van der Waals surface area contributed by atoms with Gasteiger partial charge in [0.15, 0.2) is 0 Å². The van der Waals surface area contributed by atoms with Crippen LogP contribution in [0.5, 0.6) is 0 Å². The second kappa shape index (κ2) is 8.44. The number of carbonyl (C=O) groups is 2. The van der Waals surface area contributed by atoms with E-state index in [-0.39, 0.29) is 11.8 Å². The van der Waals surface area contributed by atoms with Crippen molar-refractivity contribution in [3.05, 3.63) is 99.6 Å². The Labute approximate surface area is 187 Å². The molecule has 156 valence electrons. The summed E-state index contributed by atoms with van der Waals surface area (Å²) >= 11 is 1.31. The molecule has 0 saturated heterocycles. The molecule has 0 bridgehead atoms. The van der Waals surface area contributed by atoms with Gasteiger partial charge in [0.25, 0.3) is 11.8 Å². The number of carbonyl (C=O) groups excluding carboxylic acids is 2. The van der Waals surface area contributed by atoms with Crippen LogP contribution in [0.3, 0.4) is 0 Å². The van der Waals surface area contributed by atoms with Gasteiger partial charge in [-0.3, -0.25) is 9.59 Å². The quantitative estimate of drug-likeness (QED) is 0.513. The molecule has 31 heavy (non-hydrogen) atoms. The number of anilines is 2. The van der Waals surface area contributed by atoms with Crippen LogP contribution in [0.25, 0.3) is 0 Å². The molecule has 0 radical (unpaired) electrons. The molecule has 0 aliphatic carbocycles. The highest BCUT2D eigenvalue weighted by Crippen LogP contribution is 2.39. The van der Waals surface area contributed by atoms with E-state index < -0.39 is 0 Å². The van der Waals surface area contributed by atoms with Crippen LogP contribution < -0.4 is 10.2 Å². The summed E-state index contributed by atoms with van der Waals surface area (Å²) in [6, 6.07) is 21.4. The van der Waals surface area contributed by atoms with E-state index in [0.717, 1.165) is 27.3 Å². The van der Waals surface area contributed by atoms with Crippen molar-refractivity contribution in [2.75, 3.05) is 10.2 Å². The normalized spacial score (nSPS) is 13.9. The lowest BCUT2D eigenvalue weighted by molar-refractivity contribution is -0.120. The Hall–Kier alpha value is -3.31. The zero-order chi connectivity index (χ0) is 22.1. The molecule has 0 fully saturated rings. The molecule has 3 aromatic carbocycles. The van der Waals surface area contributed by atoms with Crippen LogP contribution in [0, 0.1) is 27.7 Å². The molecule has 1 aliphatic rings. The molecule has 0 spiro atoms. The van der Waals surface area contributed by atoms with Crippen LogP contribution in [0.4, 0.5) is 11.4 Å². The summed E-state index contributed by atoms with van der Waals surface area (Å²) in [5.41, 5.74) is 5.88. The van der Waals surface area contributed by atoms with Gasteiger partial charge in [-0.1, -0.05) is 48.2 Å². The number of hydrogen-bond acceptors (Lipinski definition) is 4. The molecule has 0 atom stereocenters. The summed E-state index contributed by atoms with van der Waals surface area (Å²) in [5, 5.41) is 3.24. The molecular formula is C26H24N2O2S. The van der Waals surface area contributed by atoms with Crippen LogP contribution in [-0.4, -0.2) is 11.8 Å². The number of nitrogens with zero attached hydrogens (tertiary/aromatic N) is 1. The SMILES string of the molecule is Cc1ccc(C)c(N2C(=O)C(Nc3ccc(C)c(C)c3)=C(Sc3ccccc3)C2=O)c1. The molecule has 5 heteroatoms. The lowest BCUT2D eigenvalue weighted by Crippen LogP contribution is -2.33. The number of benzene rings is 3. The van der Waals surface area contributed by atoms with Crippen molar-refractivity contribution in [2.24, 2.45) is 0 Å². The topological polar surface area (TPSA) is 49.4 Å². The number of thioether (sulfide) groups is 1. The Bertz CT molecular complexity index is 1220. The van der Waals surface area contributed by atoms with Crippen molar-refractivity contribution >= 4 is 35.0 Å². The Morgan fingerprint density at radius 1 is 0.742 bits per heavy atom. The Morgan fingerprint density at radius 2 is 1.45 bits per heavy atom. The smallest absolute Gasteiger partial charge is 0.283 e. The minimum absolute atomic E-state index is 0.307. The van der Waals surface area contributed by atoms with Gasteiger partial charge in [-0.15, -0.1) is 0 Å². The van der Waals surface area contributed by atoms with Crippen LogP contribution >= 0.6 is 11.8 Å². The summed E-state index contributed by atoms with van der Waals surface area (Å²) in [5.74, 6) is -0.644. The molecule has 3 aromatic rings. The van der Waals surface area contributed by atoms with Crippen LogP contribution in [0.2, 0.25) is 0 Å². The minimum atomic E-state index is -0.338. The average Bonchev–Trinajstić information content (AvgIpc) is 2.97. The maximum absolute atomic E-state index is 13.5. The summed E-state index contributed by atoms with van der Waals surface area (Å²) < 4.78 is 0. The van der Waals surface area contributed by atoms with Gasteiger partial charge in [-0.25, -0.2) is 4.90 Å². The lowest BCUT2D eigenvalue weighted by Gasteiger charge is -2.18. The third-order valence-electron chi connectivity index (χ3n) is 5.39. The number of hydrogen-bond donors (Lipinski definition) is 1. The zero-order valence-corrected chi connectivity index (χ0v) is 18.8. The Balaban J connectivity index is 1.78. The van der Waals surface area contributed by atoms with Crippen molar-refractivity contribution in [3.8, 4) is 0 Å². The summed E-state index contributed by atoms with van der Waals surface area (Å²) in [6.45, 7) is 7.93. The molecular weight excluding hydrogens is 404 g/mol. The molecule has 4 nitrogen and oxygen atoms in total. The van der Waals surface area contributed by atoms with Crippen molar-refractivity contribution in [2.45, 2.75) is 32.6 Å². The summed E-state index contributed by atoms with van der Waals surface area (Å²) in [4.78, 5) is 29.6. The van der Waals surface area contributed by atoms with Crippen molar-refractivity contribution in [1.82, 2.24) is 0 Å². The van der Waals surface area contributed by atoms with Crippen molar-refractivity contribution in [3.63, 3.8) is 0 Å². The summed E-state index contributed by atoms with van der Waals surface area (Å²) in [7, 11) is 0. The van der Waals surface area contributed by atoms with Crippen LogP contribution in [-0.2, 0) is 9.59 Å². The van der Waals surface area contributed by atoms with Crippen LogP contribution in [0.1, 0.15) is 22.3 Å². The lowest BCUT2D eigenvalue weighted by atomic mass is 10.1. The maximum atomic E-state index is 13.5. The molecule has 4 rings (SSSR count). The Kier molecular flexibility index (Phi) is 5.70. The largest absolute Gasteiger partial charge is 0.350 e. The third kappa shape index (κ3) is 4.14. The van der Waals surface area contributed by atoms with Gasteiger partial charge < -0.3 is 5.32 Å². The second-order valence-corrected chi connectivity index (χ2v) is 8.86. The van der Waals surface area contributed by atoms with Gasteiger partial charge in [0.1, 0.15) is 10.6 Å². The zero-order valence-electron chi connectivity index (χ0n) is 18.0. The molecule has 1 N–H and O–H groups in total. The van der Waals surface area contributed by atoms with Gasteiger partial charge in [-0.2, -0.15) is 0 Å². The van der Waals surface area contributed by atoms with Gasteiger partial charge in [0.2, 0.25) is 0 Å². The average molecular weight is 429 g/mol. The first-order chi connectivity index (χ1) is 14.8. The van der Waals surface area contributed by atoms with Gasteiger partial charge in [-0.05, 0) is 80.3 Å². The number of amides is 2. The van der Waals surface area contributed by atoms with Gasteiger partial charge >= 0.3 is 0 Å². The van der Waals surface area contributed by atoms with E-state index in [0.29, 0.717) is 16.3 Å². The number of nitrogens with one attached hydrogen (secondary N) is 1. The number of aryl methyl sites for hydroxylation is 4. The molecule has 1 aliphatic heterocycles. The fraction of sp³-hybridized carbons (Fsp3) is 0.154. The van der Waals surface area contributed by atoms with E-state index in [4.69, 9.17) is 0 Å². The van der Waals surface area contributed by atoms with Gasteiger partial charge in [0.05, 0.1) is 5.69 Å². The van der Waals surface area contributed by atoms with Gasteiger partial charge in [0, 0.05) is 10.6 Å². The third-order valence-corrected chi connectivity index (χ3v) is 6.48. The highest BCUT2D eigenvalue weighted by atomic mass is 32.2. The molecule has 0 saturated carbocycles. The van der Waals surface area contributed by atoms with E-state index in [1.807, 2.05) is 94.4 Å². The van der Waals surface area contributed by atoms with E-state index in [2.05, 4.69) is 5.32 Å². The molecule has 0 aromatic heterocycles. The molecule has 0 unspecified atom stereocenters. The molecule has 1 heterocycles. The first-order valence-corrected chi connectivity index (χ1v) is 10.9. The van der Waals surface area contributed by atoms with E-state index in [9.17, 15) is 9.59 Å². The Morgan fingerprint density at radius 3 is 2.16 bits per heavy atom. The number of rotatable bonds is 5. The van der Waals surface area contributed by atoms with Crippen molar-refractivity contribution in [1.29, 1.82) is 0 Å². The van der Waals surface area contributed by atoms with Crippen LogP contribution in [0.15, 0.2) is 82.2 Å². The predicted octanol–water partition coefficient (Wildman–Crippen LogP) is 5.91. The van der Waals surface area contributed by atoms with E-state index in [1.165, 1.54) is 22.2 Å². The highest BCUT2D eigenvalue weighted by molar-refractivity contribution is 8.04. The second-order valence-electron chi connectivity index (χ2n) is 7.78. The minimum Gasteiger partial charge on any atom is -0.350 e. The highest BCUT2D eigenvalue weighted by Gasteiger charge is 2.40. The maximum Gasteiger partial charge on any atom is 0.283 e. The fourth-order valence-electron chi connectivity index (χ4n) is 3.46. The number of imide groups is 1. The predicted molar refractivity (Wildman–Crippen MR) is 127 cm³/mol. The monoisotopic (exact) mass is 428 g/mol. The first kappa shape index (κ1) is 20.9.